The quantitative estimate of drug-likeness (QED) is 0.412. The number of rotatable bonds is 5. The maximum absolute atomic E-state index is 6.87. The summed E-state index contributed by atoms with van der Waals surface area (Å²) >= 11 is 0. The monoisotopic (exact) mass is 408 g/mol. The molecule has 0 bridgehead atoms. The van der Waals surface area contributed by atoms with Crippen LogP contribution in [0.2, 0.25) is 0 Å². The van der Waals surface area contributed by atoms with Crippen LogP contribution in [0.15, 0.2) is 103 Å². The van der Waals surface area contributed by atoms with Crippen molar-refractivity contribution in [3.8, 4) is 16.9 Å². The van der Waals surface area contributed by atoms with E-state index >= 15 is 0 Å². The van der Waals surface area contributed by atoms with Crippen LogP contribution in [0.1, 0.15) is 23.1 Å². The fourth-order valence-corrected chi connectivity index (χ4v) is 4.60. The second-order valence-corrected chi connectivity index (χ2v) is 8.13. The van der Waals surface area contributed by atoms with Crippen molar-refractivity contribution in [3.05, 3.63) is 120 Å². The molecule has 5 rings (SSSR count). The third-order valence-corrected chi connectivity index (χ3v) is 6.00. The van der Waals surface area contributed by atoms with Gasteiger partial charge in [-0.2, -0.15) is 0 Å². The molecule has 1 aromatic heterocycles. The molecule has 3 N–H and O–H groups in total. The van der Waals surface area contributed by atoms with Crippen LogP contribution in [0.3, 0.4) is 0 Å². The third kappa shape index (κ3) is 4.52. The molecular weight excluding hydrogens is 380 g/mol. The average Bonchev–Trinajstić information content (AvgIpc) is 2.80. The topological polar surface area (TPSA) is 57.1 Å². The van der Waals surface area contributed by atoms with Gasteiger partial charge in [-0.25, -0.2) is 0 Å². The van der Waals surface area contributed by atoms with E-state index in [0.717, 1.165) is 37.0 Å². The SMILES string of the molecule is N.c1ccc(CC2(Cc3ccccc3)CCc3c(cccc3-c3cccnc3)O2)cc1. The Morgan fingerprint density at radius 2 is 1.42 bits per heavy atom. The van der Waals surface area contributed by atoms with Crippen LogP contribution in [-0.4, -0.2) is 10.6 Å². The van der Waals surface area contributed by atoms with Crippen LogP contribution in [-0.2, 0) is 19.3 Å². The number of hydrogen-bond acceptors (Lipinski definition) is 3. The minimum Gasteiger partial charge on any atom is -0.486 e. The molecule has 0 fully saturated rings. The van der Waals surface area contributed by atoms with E-state index in [1.807, 2.05) is 18.5 Å². The van der Waals surface area contributed by atoms with Crippen molar-refractivity contribution in [2.24, 2.45) is 0 Å². The Morgan fingerprint density at radius 1 is 0.742 bits per heavy atom. The predicted octanol–water partition coefficient (Wildman–Crippen LogP) is 6.46. The first-order valence-corrected chi connectivity index (χ1v) is 10.6. The second-order valence-electron chi connectivity index (χ2n) is 8.13. The van der Waals surface area contributed by atoms with Gasteiger partial charge in [-0.1, -0.05) is 78.9 Å². The molecule has 4 aromatic rings. The summed E-state index contributed by atoms with van der Waals surface area (Å²) in [6.45, 7) is 0. The van der Waals surface area contributed by atoms with Gasteiger partial charge in [0.05, 0.1) is 0 Å². The maximum atomic E-state index is 6.87. The van der Waals surface area contributed by atoms with Crippen molar-refractivity contribution in [2.75, 3.05) is 0 Å². The molecule has 0 aliphatic carbocycles. The van der Waals surface area contributed by atoms with Gasteiger partial charge in [0, 0.05) is 36.4 Å². The molecule has 3 heteroatoms. The second kappa shape index (κ2) is 9.15. The number of hydrogen-bond donors (Lipinski definition) is 1. The summed E-state index contributed by atoms with van der Waals surface area (Å²) in [5.74, 6) is 1.01. The maximum Gasteiger partial charge on any atom is 0.123 e. The number of fused-ring (bicyclic) bond motifs is 1. The van der Waals surface area contributed by atoms with Crippen molar-refractivity contribution in [1.82, 2.24) is 11.1 Å². The Hall–Kier alpha value is -3.43. The minimum atomic E-state index is -0.247. The van der Waals surface area contributed by atoms with E-state index in [4.69, 9.17) is 4.74 Å². The fourth-order valence-electron chi connectivity index (χ4n) is 4.60. The highest BCUT2D eigenvalue weighted by Crippen LogP contribution is 2.41. The number of ether oxygens (including phenoxy) is 1. The smallest absolute Gasteiger partial charge is 0.123 e. The normalized spacial score (nSPS) is 14.1. The minimum absolute atomic E-state index is 0. The van der Waals surface area contributed by atoms with Crippen LogP contribution >= 0.6 is 0 Å². The molecular formula is C28H28N2O. The van der Waals surface area contributed by atoms with Gasteiger partial charge >= 0.3 is 0 Å². The van der Waals surface area contributed by atoms with Crippen molar-refractivity contribution < 1.29 is 4.74 Å². The Balaban J connectivity index is 0.00000231. The van der Waals surface area contributed by atoms with E-state index in [1.165, 1.54) is 22.3 Å². The van der Waals surface area contributed by atoms with Crippen LogP contribution < -0.4 is 10.9 Å². The molecule has 1 aliphatic rings. The zero-order chi connectivity index (χ0) is 20.2. The summed E-state index contributed by atoms with van der Waals surface area (Å²) in [6, 6.07) is 31.9. The summed E-state index contributed by atoms with van der Waals surface area (Å²) in [4.78, 5) is 4.31. The van der Waals surface area contributed by atoms with Crippen molar-refractivity contribution in [2.45, 2.75) is 31.3 Å². The first-order valence-electron chi connectivity index (χ1n) is 10.6. The van der Waals surface area contributed by atoms with Gasteiger partial charge in [-0.3, -0.25) is 4.98 Å². The molecule has 0 atom stereocenters. The lowest BCUT2D eigenvalue weighted by Gasteiger charge is -2.40. The summed E-state index contributed by atoms with van der Waals surface area (Å²) in [6.07, 6.45) is 7.55. The zero-order valence-corrected chi connectivity index (χ0v) is 17.7. The van der Waals surface area contributed by atoms with Crippen LogP contribution in [0.4, 0.5) is 0 Å². The molecule has 0 saturated heterocycles. The molecule has 0 radical (unpaired) electrons. The lowest BCUT2D eigenvalue weighted by molar-refractivity contribution is 0.0466. The van der Waals surface area contributed by atoms with Crippen molar-refractivity contribution >= 4 is 0 Å². The molecule has 0 saturated carbocycles. The number of nitrogens with zero attached hydrogens (tertiary/aromatic N) is 1. The number of benzene rings is 3. The van der Waals surface area contributed by atoms with E-state index in [-0.39, 0.29) is 11.8 Å². The van der Waals surface area contributed by atoms with Gasteiger partial charge < -0.3 is 10.9 Å². The van der Waals surface area contributed by atoms with Crippen LogP contribution in [0.25, 0.3) is 11.1 Å². The van der Waals surface area contributed by atoms with E-state index in [9.17, 15) is 0 Å². The summed E-state index contributed by atoms with van der Waals surface area (Å²) in [7, 11) is 0. The van der Waals surface area contributed by atoms with E-state index in [1.54, 1.807) is 0 Å². The molecule has 2 heterocycles. The zero-order valence-electron chi connectivity index (χ0n) is 17.7. The fraction of sp³-hybridized carbons (Fsp3) is 0.179. The molecule has 3 nitrogen and oxygen atoms in total. The summed E-state index contributed by atoms with van der Waals surface area (Å²) < 4.78 is 6.87. The number of aromatic nitrogens is 1. The first-order chi connectivity index (χ1) is 14.8. The lowest BCUT2D eigenvalue weighted by atomic mass is 9.80. The van der Waals surface area contributed by atoms with E-state index in [2.05, 4.69) is 89.9 Å². The molecule has 0 unspecified atom stereocenters. The molecule has 156 valence electrons. The Bertz CT molecular complexity index is 1070. The van der Waals surface area contributed by atoms with Crippen LogP contribution in [0, 0.1) is 0 Å². The van der Waals surface area contributed by atoms with Gasteiger partial charge in [-0.15, -0.1) is 0 Å². The standard InChI is InChI=1S/C28H25NO.H3N/c1-3-9-22(10-4-1)19-28(20-23-11-5-2-6-12-23)17-16-26-25(14-7-15-27(26)30-28)24-13-8-18-29-21-24;/h1-15,18,21H,16-17,19-20H2;1H3. The van der Waals surface area contributed by atoms with Gasteiger partial charge in [0.1, 0.15) is 11.4 Å². The van der Waals surface area contributed by atoms with Gasteiger partial charge in [0.15, 0.2) is 0 Å². The molecule has 31 heavy (non-hydrogen) atoms. The lowest BCUT2D eigenvalue weighted by Crippen LogP contribution is -2.44. The van der Waals surface area contributed by atoms with Gasteiger partial charge in [-0.05, 0) is 41.7 Å². The van der Waals surface area contributed by atoms with Gasteiger partial charge in [0.2, 0.25) is 0 Å². The third-order valence-electron chi connectivity index (χ3n) is 6.00. The Labute approximate surface area is 184 Å². The molecule has 0 amide bonds. The van der Waals surface area contributed by atoms with Crippen LogP contribution in [0.5, 0.6) is 5.75 Å². The highest BCUT2D eigenvalue weighted by atomic mass is 16.5. The Morgan fingerprint density at radius 3 is 2.03 bits per heavy atom. The highest BCUT2D eigenvalue weighted by Gasteiger charge is 2.37. The molecule has 3 aromatic carbocycles. The first kappa shape index (κ1) is 20.8. The molecule has 0 spiro atoms. The van der Waals surface area contributed by atoms with Crippen molar-refractivity contribution in [1.29, 1.82) is 0 Å². The van der Waals surface area contributed by atoms with Crippen molar-refractivity contribution in [3.63, 3.8) is 0 Å². The van der Waals surface area contributed by atoms with E-state index < -0.39 is 0 Å². The van der Waals surface area contributed by atoms with E-state index in [0.29, 0.717) is 0 Å². The average molecular weight is 409 g/mol. The summed E-state index contributed by atoms with van der Waals surface area (Å²) in [5, 5.41) is 0. The molecule has 1 aliphatic heterocycles. The van der Waals surface area contributed by atoms with Gasteiger partial charge in [0.25, 0.3) is 0 Å². The Kier molecular flexibility index (Phi) is 6.15. The largest absolute Gasteiger partial charge is 0.486 e. The number of pyridine rings is 1. The highest BCUT2D eigenvalue weighted by molar-refractivity contribution is 5.70. The summed E-state index contributed by atoms with van der Waals surface area (Å²) in [5.41, 5.74) is 6.07. The predicted molar refractivity (Wildman–Crippen MR) is 127 cm³/mol.